The first-order chi connectivity index (χ1) is 8.90. The Bertz CT molecular complexity index is 353. The van der Waals surface area contributed by atoms with E-state index in [0.29, 0.717) is 12.6 Å². The van der Waals surface area contributed by atoms with Crippen LogP contribution in [-0.2, 0) is 11.3 Å². The quantitative estimate of drug-likeness (QED) is 0.771. The first-order valence-electron chi connectivity index (χ1n) is 6.50. The minimum atomic E-state index is 0.464. The largest absolute Gasteiger partial charge is 0.492 e. The number of para-hydroxylation sites is 1. The zero-order valence-electron chi connectivity index (χ0n) is 10.6. The molecule has 0 aliphatic carbocycles. The SMILES string of the molecule is NCc1ccccc1OCCSCC1CCCO1. The molecule has 100 valence electrons. The van der Waals surface area contributed by atoms with Gasteiger partial charge >= 0.3 is 0 Å². The summed E-state index contributed by atoms with van der Waals surface area (Å²) >= 11 is 1.90. The highest BCUT2D eigenvalue weighted by Crippen LogP contribution is 2.19. The minimum Gasteiger partial charge on any atom is -0.492 e. The van der Waals surface area contributed by atoms with Crippen molar-refractivity contribution in [1.29, 1.82) is 0 Å². The molecule has 0 bridgehead atoms. The van der Waals surface area contributed by atoms with E-state index in [2.05, 4.69) is 0 Å². The zero-order chi connectivity index (χ0) is 12.6. The van der Waals surface area contributed by atoms with E-state index in [1.807, 2.05) is 36.0 Å². The third kappa shape index (κ3) is 4.19. The molecule has 4 heteroatoms. The van der Waals surface area contributed by atoms with Gasteiger partial charge in [0.15, 0.2) is 0 Å². The summed E-state index contributed by atoms with van der Waals surface area (Å²) in [7, 11) is 0. The van der Waals surface area contributed by atoms with Crippen molar-refractivity contribution in [2.24, 2.45) is 5.73 Å². The van der Waals surface area contributed by atoms with E-state index in [9.17, 15) is 0 Å². The van der Waals surface area contributed by atoms with Crippen molar-refractivity contribution in [2.75, 3.05) is 24.7 Å². The van der Waals surface area contributed by atoms with Crippen molar-refractivity contribution in [2.45, 2.75) is 25.5 Å². The van der Waals surface area contributed by atoms with Gasteiger partial charge in [0.05, 0.1) is 12.7 Å². The highest BCUT2D eigenvalue weighted by atomic mass is 32.2. The van der Waals surface area contributed by atoms with Crippen LogP contribution in [0.15, 0.2) is 24.3 Å². The molecule has 0 aromatic heterocycles. The Labute approximate surface area is 113 Å². The molecule has 1 aromatic rings. The smallest absolute Gasteiger partial charge is 0.123 e. The topological polar surface area (TPSA) is 44.5 Å². The molecule has 1 unspecified atom stereocenters. The minimum absolute atomic E-state index is 0.464. The summed E-state index contributed by atoms with van der Waals surface area (Å²) in [6.45, 7) is 2.19. The Hall–Kier alpha value is -0.710. The first-order valence-corrected chi connectivity index (χ1v) is 7.65. The molecule has 1 heterocycles. The second kappa shape index (κ2) is 7.67. The normalized spacial score (nSPS) is 19.1. The number of hydrogen-bond acceptors (Lipinski definition) is 4. The lowest BCUT2D eigenvalue weighted by Crippen LogP contribution is -2.10. The molecule has 0 saturated carbocycles. The van der Waals surface area contributed by atoms with E-state index in [4.69, 9.17) is 15.2 Å². The fourth-order valence-electron chi connectivity index (χ4n) is 2.01. The first kappa shape index (κ1) is 13.7. The van der Waals surface area contributed by atoms with Crippen LogP contribution in [0.3, 0.4) is 0 Å². The van der Waals surface area contributed by atoms with Gasteiger partial charge < -0.3 is 15.2 Å². The van der Waals surface area contributed by atoms with Gasteiger partial charge in [0.25, 0.3) is 0 Å². The van der Waals surface area contributed by atoms with Crippen molar-refractivity contribution in [3.63, 3.8) is 0 Å². The number of nitrogens with two attached hydrogens (primary N) is 1. The molecule has 1 aliphatic rings. The third-order valence-electron chi connectivity index (χ3n) is 3.01. The number of thioether (sulfide) groups is 1. The average Bonchev–Trinajstić information content (AvgIpc) is 2.92. The predicted octanol–water partition coefficient (Wildman–Crippen LogP) is 2.44. The van der Waals surface area contributed by atoms with Crippen molar-refractivity contribution in [3.8, 4) is 5.75 Å². The number of ether oxygens (including phenoxy) is 2. The van der Waals surface area contributed by atoms with Gasteiger partial charge in [0.1, 0.15) is 5.75 Å². The fourth-order valence-corrected chi connectivity index (χ4v) is 2.91. The van der Waals surface area contributed by atoms with Gasteiger partial charge in [-0.1, -0.05) is 18.2 Å². The van der Waals surface area contributed by atoms with Gasteiger partial charge in [-0.05, 0) is 18.9 Å². The maximum absolute atomic E-state index is 5.75. The molecule has 0 radical (unpaired) electrons. The van der Waals surface area contributed by atoms with Crippen molar-refractivity contribution in [3.05, 3.63) is 29.8 Å². The maximum Gasteiger partial charge on any atom is 0.123 e. The van der Waals surface area contributed by atoms with Gasteiger partial charge in [0, 0.05) is 30.2 Å². The number of benzene rings is 1. The van der Waals surface area contributed by atoms with Crippen LogP contribution in [0.1, 0.15) is 18.4 Å². The van der Waals surface area contributed by atoms with Gasteiger partial charge in [0.2, 0.25) is 0 Å². The summed E-state index contributed by atoms with van der Waals surface area (Å²) in [6.07, 6.45) is 2.89. The Morgan fingerprint density at radius 3 is 3.06 bits per heavy atom. The second-order valence-electron chi connectivity index (χ2n) is 4.37. The van der Waals surface area contributed by atoms with Crippen LogP contribution < -0.4 is 10.5 Å². The van der Waals surface area contributed by atoms with E-state index in [1.165, 1.54) is 12.8 Å². The van der Waals surface area contributed by atoms with E-state index in [-0.39, 0.29) is 0 Å². The van der Waals surface area contributed by atoms with Gasteiger partial charge in [-0.2, -0.15) is 11.8 Å². The molecule has 0 spiro atoms. The molecular formula is C14H21NO2S. The second-order valence-corrected chi connectivity index (χ2v) is 5.52. The standard InChI is InChI=1S/C14H21NO2S/c15-10-12-4-1-2-6-14(12)17-8-9-18-11-13-5-3-7-16-13/h1-2,4,6,13H,3,5,7-11,15H2. The lowest BCUT2D eigenvalue weighted by Gasteiger charge is -2.11. The summed E-state index contributed by atoms with van der Waals surface area (Å²) in [5.41, 5.74) is 6.73. The van der Waals surface area contributed by atoms with Gasteiger partial charge in [-0.3, -0.25) is 0 Å². The Morgan fingerprint density at radius 2 is 2.28 bits per heavy atom. The molecule has 1 atom stereocenters. The predicted molar refractivity (Wildman–Crippen MR) is 76.1 cm³/mol. The van der Waals surface area contributed by atoms with Crippen LogP contribution >= 0.6 is 11.8 Å². The van der Waals surface area contributed by atoms with E-state index in [1.54, 1.807) is 0 Å². The molecule has 18 heavy (non-hydrogen) atoms. The Kier molecular flexibility index (Phi) is 5.84. The molecule has 1 saturated heterocycles. The van der Waals surface area contributed by atoms with E-state index in [0.717, 1.165) is 36.0 Å². The Morgan fingerprint density at radius 1 is 1.39 bits per heavy atom. The van der Waals surface area contributed by atoms with Crippen LogP contribution in [0.4, 0.5) is 0 Å². The maximum atomic E-state index is 5.75. The molecule has 1 aliphatic heterocycles. The van der Waals surface area contributed by atoms with Crippen LogP contribution in [-0.4, -0.2) is 30.8 Å². The summed E-state index contributed by atoms with van der Waals surface area (Å²) in [6, 6.07) is 7.96. The fraction of sp³-hybridized carbons (Fsp3) is 0.571. The van der Waals surface area contributed by atoms with Crippen molar-refractivity contribution >= 4 is 11.8 Å². The van der Waals surface area contributed by atoms with Crippen molar-refractivity contribution < 1.29 is 9.47 Å². The van der Waals surface area contributed by atoms with Crippen LogP contribution in [0, 0.1) is 0 Å². The number of hydrogen-bond donors (Lipinski definition) is 1. The average molecular weight is 267 g/mol. The summed E-state index contributed by atoms with van der Waals surface area (Å²) in [5, 5.41) is 0. The molecule has 2 rings (SSSR count). The zero-order valence-corrected chi connectivity index (χ0v) is 11.5. The highest BCUT2D eigenvalue weighted by molar-refractivity contribution is 7.99. The summed E-state index contributed by atoms with van der Waals surface area (Å²) < 4.78 is 11.3. The Balaban J connectivity index is 1.62. The van der Waals surface area contributed by atoms with Gasteiger partial charge in [-0.15, -0.1) is 0 Å². The third-order valence-corrected chi connectivity index (χ3v) is 4.07. The number of rotatable bonds is 7. The van der Waals surface area contributed by atoms with Crippen LogP contribution in [0.5, 0.6) is 5.75 Å². The van der Waals surface area contributed by atoms with Crippen LogP contribution in [0.25, 0.3) is 0 Å². The van der Waals surface area contributed by atoms with Crippen molar-refractivity contribution in [1.82, 2.24) is 0 Å². The van der Waals surface area contributed by atoms with Crippen LogP contribution in [0.2, 0.25) is 0 Å². The molecule has 2 N–H and O–H groups in total. The summed E-state index contributed by atoms with van der Waals surface area (Å²) in [4.78, 5) is 0. The lowest BCUT2D eigenvalue weighted by molar-refractivity contribution is 0.129. The molecule has 1 fully saturated rings. The van der Waals surface area contributed by atoms with E-state index >= 15 is 0 Å². The molecule has 0 amide bonds. The van der Waals surface area contributed by atoms with Gasteiger partial charge in [-0.25, -0.2) is 0 Å². The monoisotopic (exact) mass is 267 g/mol. The lowest BCUT2D eigenvalue weighted by atomic mass is 10.2. The summed E-state index contributed by atoms with van der Waals surface area (Å²) in [5.74, 6) is 3.00. The van der Waals surface area contributed by atoms with E-state index < -0.39 is 0 Å². The highest BCUT2D eigenvalue weighted by Gasteiger charge is 2.14. The molecule has 1 aromatic carbocycles. The molecule has 3 nitrogen and oxygen atoms in total. The molecular weight excluding hydrogens is 246 g/mol.